The van der Waals surface area contributed by atoms with E-state index in [-0.39, 0.29) is 24.9 Å². The summed E-state index contributed by atoms with van der Waals surface area (Å²) in [6, 6.07) is 17.1. The van der Waals surface area contributed by atoms with E-state index in [4.69, 9.17) is 4.74 Å². The zero-order valence-electron chi connectivity index (χ0n) is 16.8. The van der Waals surface area contributed by atoms with Gasteiger partial charge in [0.25, 0.3) is 11.8 Å². The molecule has 0 fully saturated rings. The van der Waals surface area contributed by atoms with Gasteiger partial charge in [0, 0.05) is 36.0 Å². The Bertz CT molecular complexity index is 1110. The SMILES string of the molecule is CC1Oc2ccc(NC(=O)c3ccccc3)cc2CN(Cc2cc(F)cc(F)c2)C1=O. The number of anilines is 1. The van der Waals surface area contributed by atoms with Crippen LogP contribution in [0.15, 0.2) is 66.7 Å². The van der Waals surface area contributed by atoms with Gasteiger partial charge in [-0.05, 0) is 55.0 Å². The van der Waals surface area contributed by atoms with Crippen molar-refractivity contribution in [1.29, 1.82) is 0 Å². The molecular formula is C24H20F2N2O3. The average molecular weight is 422 g/mol. The second-order valence-corrected chi connectivity index (χ2v) is 7.37. The lowest BCUT2D eigenvalue weighted by Gasteiger charge is -2.22. The molecule has 3 aromatic carbocycles. The molecule has 31 heavy (non-hydrogen) atoms. The molecule has 0 aromatic heterocycles. The maximum absolute atomic E-state index is 13.6. The first-order valence-electron chi connectivity index (χ1n) is 9.79. The zero-order valence-corrected chi connectivity index (χ0v) is 16.8. The summed E-state index contributed by atoms with van der Waals surface area (Å²) in [7, 11) is 0. The van der Waals surface area contributed by atoms with Crippen molar-refractivity contribution in [2.45, 2.75) is 26.1 Å². The third-order valence-corrected chi connectivity index (χ3v) is 4.97. The Morgan fingerprint density at radius 3 is 2.48 bits per heavy atom. The van der Waals surface area contributed by atoms with Crippen molar-refractivity contribution in [3.05, 3.63) is 95.1 Å². The Morgan fingerprint density at radius 1 is 1.06 bits per heavy atom. The predicted molar refractivity (Wildman–Crippen MR) is 112 cm³/mol. The van der Waals surface area contributed by atoms with Crippen LogP contribution in [0.1, 0.15) is 28.4 Å². The van der Waals surface area contributed by atoms with E-state index in [1.165, 1.54) is 17.0 Å². The fraction of sp³-hybridized carbons (Fsp3) is 0.167. The van der Waals surface area contributed by atoms with E-state index < -0.39 is 17.7 Å². The minimum Gasteiger partial charge on any atom is -0.481 e. The summed E-state index contributed by atoms with van der Waals surface area (Å²) < 4.78 is 32.9. The van der Waals surface area contributed by atoms with E-state index in [2.05, 4.69) is 5.32 Å². The van der Waals surface area contributed by atoms with Gasteiger partial charge in [0.05, 0.1) is 0 Å². The minimum absolute atomic E-state index is 0.0290. The summed E-state index contributed by atoms with van der Waals surface area (Å²) in [6.07, 6.45) is -0.760. The number of hydrogen-bond acceptors (Lipinski definition) is 3. The Labute approximate surface area is 178 Å². The zero-order chi connectivity index (χ0) is 22.0. The molecule has 1 atom stereocenters. The molecule has 0 saturated carbocycles. The van der Waals surface area contributed by atoms with E-state index >= 15 is 0 Å². The first kappa shape index (κ1) is 20.5. The number of fused-ring (bicyclic) bond motifs is 1. The predicted octanol–water partition coefficient (Wildman–Crippen LogP) is 4.53. The molecule has 7 heteroatoms. The molecule has 0 bridgehead atoms. The minimum atomic E-state index is -0.760. The number of amides is 2. The fourth-order valence-corrected chi connectivity index (χ4v) is 3.53. The van der Waals surface area contributed by atoms with E-state index in [9.17, 15) is 18.4 Å². The van der Waals surface area contributed by atoms with Crippen molar-refractivity contribution in [2.75, 3.05) is 5.32 Å². The lowest BCUT2D eigenvalue weighted by Crippen LogP contribution is -2.37. The Hall–Kier alpha value is -3.74. The maximum Gasteiger partial charge on any atom is 0.263 e. The molecule has 4 rings (SSSR count). The van der Waals surface area contributed by atoms with E-state index in [0.717, 1.165) is 6.07 Å². The highest BCUT2D eigenvalue weighted by atomic mass is 19.1. The van der Waals surface area contributed by atoms with Crippen LogP contribution in [0.4, 0.5) is 14.5 Å². The molecule has 3 aromatic rings. The topological polar surface area (TPSA) is 58.6 Å². The van der Waals surface area contributed by atoms with E-state index in [1.54, 1.807) is 49.4 Å². The van der Waals surface area contributed by atoms with Gasteiger partial charge in [0.1, 0.15) is 17.4 Å². The molecule has 158 valence electrons. The van der Waals surface area contributed by atoms with Crippen molar-refractivity contribution in [3.8, 4) is 5.75 Å². The van der Waals surface area contributed by atoms with Gasteiger partial charge in [-0.2, -0.15) is 0 Å². The molecule has 0 spiro atoms. The average Bonchev–Trinajstić information content (AvgIpc) is 2.84. The molecule has 0 radical (unpaired) electrons. The van der Waals surface area contributed by atoms with Crippen molar-refractivity contribution < 1.29 is 23.1 Å². The third-order valence-electron chi connectivity index (χ3n) is 4.97. The van der Waals surface area contributed by atoms with Crippen molar-refractivity contribution in [3.63, 3.8) is 0 Å². The van der Waals surface area contributed by atoms with Crippen LogP contribution >= 0.6 is 0 Å². The van der Waals surface area contributed by atoms with Gasteiger partial charge in [0.15, 0.2) is 6.10 Å². The molecular weight excluding hydrogens is 402 g/mol. The molecule has 1 unspecified atom stereocenters. The Kier molecular flexibility index (Phi) is 5.66. The summed E-state index contributed by atoms with van der Waals surface area (Å²) >= 11 is 0. The third kappa shape index (κ3) is 4.71. The molecule has 1 aliphatic heterocycles. The fourth-order valence-electron chi connectivity index (χ4n) is 3.53. The molecule has 1 aliphatic rings. The monoisotopic (exact) mass is 422 g/mol. The van der Waals surface area contributed by atoms with Crippen molar-refractivity contribution >= 4 is 17.5 Å². The van der Waals surface area contributed by atoms with Gasteiger partial charge >= 0.3 is 0 Å². The largest absolute Gasteiger partial charge is 0.481 e. The molecule has 2 amide bonds. The number of benzene rings is 3. The standard InChI is InChI=1S/C24H20F2N2O3/c1-15-24(30)28(13-16-9-19(25)12-20(26)10-16)14-18-11-21(7-8-22(18)31-15)27-23(29)17-5-3-2-4-6-17/h2-12,15H,13-14H2,1H3,(H,27,29). The quantitative estimate of drug-likeness (QED) is 0.672. The number of nitrogens with zero attached hydrogens (tertiary/aromatic N) is 1. The second kappa shape index (κ2) is 8.55. The molecule has 1 N–H and O–H groups in total. The number of ether oxygens (including phenoxy) is 1. The van der Waals surface area contributed by atoms with Gasteiger partial charge in [0.2, 0.25) is 0 Å². The molecule has 0 saturated heterocycles. The number of rotatable bonds is 4. The van der Waals surface area contributed by atoms with Gasteiger partial charge in [-0.3, -0.25) is 9.59 Å². The van der Waals surface area contributed by atoms with Crippen molar-refractivity contribution in [1.82, 2.24) is 4.90 Å². The number of carbonyl (C=O) groups is 2. The van der Waals surface area contributed by atoms with Gasteiger partial charge in [-0.15, -0.1) is 0 Å². The van der Waals surface area contributed by atoms with Gasteiger partial charge in [-0.1, -0.05) is 18.2 Å². The smallest absolute Gasteiger partial charge is 0.263 e. The van der Waals surface area contributed by atoms with Gasteiger partial charge in [-0.25, -0.2) is 8.78 Å². The van der Waals surface area contributed by atoms with E-state index in [1.807, 2.05) is 6.07 Å². The van der Waals surface area contributed by atoms with Crippen LogP contribution in [0.5, 0.6) is 5.75 Å². The summed E-state index contributed by atoms with van der Waals surface area (Å²) in [5, 5.41) is 2.83. The number of carbonyl (C=O) groups excluding carboxylic acids is 2. The van der Waals surface area contributed by atoms with Crippen LogP contribution in [0, 0.1) is 11.6 Å². The summed E-state index contributed by atoms with van der Waals surface area (Å²) in [4.78, 5) is 26.7. The van der Waals surface area contributed by atoms with Crippen LogP contribution < -0.4 is 10.1 Å². The van der Waals surface area contributed by atoms with Crippen LogP contribution in [0.25, 0.3) is 0 Å². The van der Waals surface area contributed by atoms with Crippen LogP contribution in [0.2, 0.25) is 0 Å². The maximum atomic E-state index is 13.6. The second-order valence-electron chi connectivity index (χ2n) is 7.37. The summed E-state index contributed by atoms with van der Waals surface area (Å²) in [5.41, 5.74) is 2.10. The molecule has 0 aliphatic carbocycles. The highest BCUT2D eigenvalue weighted by Crippen LogP contribution is 2.29. The van der Waals surface area contributed by atoms with Crippen LogP contribution in [0.3, 0.4) is 0 Å². The molecule has 5 nitrogen and oxygen atoms in total. The summed E-state index contributed by atoms with van der Waals surface area (Å²) in [5.74, 6) is -1.44. The summed E-state index contributed by atoms with van der Waals surface area (Å²) in [6.45, 7) is 1.83. The highest BCUT2D eigenvalue weighted by molar-refractivity contribution is 6.04. The Morgan fingerprint density at radius 2 is 1.77 bits per heavy atom. The van der Waals surface area contributed by atoms with Crippen molar-refractivity contribution in [2.24, 2.45) is 0 Å². The first-order chi connectivity index (χ1) is 14.9. The normalized spacial score (nSPS) is 15.6. The van der Waals surface area contributed by atoms with E-state index in [0.29, 0.717) is 28.1 Å². The number of hydrogen-bond donors (Lipinski definition) is 1. The number of nitrogens with one attached hydrogen (secondary N) is 1. The highest BCUT2D eigenvalue weighted by Gasteiger charge is 2.28. The van der Waals surface area contributed by atoms with Crippen LogP contribution in [-0.4, -0.2) is 22.8 Å². The van der Waals surface area contributed by atoms with Gasteiger partial charge < -0.3 is 15.0 Å². The molecule has 1 heterocycles. The first-order valence-corrected chi connectivity index (χ1v) is 9.79. The lowest BCUT2D eigenvalue weighted by atomic mass is 10.1. The van der Waals surface area contributed by atoms with Crippen LogP contribution in [-0.2, 0) is 17.9 Å². The lowest BCUT2D eigenvalue weighted by molar-refractivity contribution is -0.138. The number of halogens is 2. The Balaban J connectivity index is 1.58.